The number of sulfonamides is 1. The van der Waals surface area contributed by atoms with Gasteiger partial charge in [-0.3, -0.25) is 4.79 Å². The first-order valence-electron chi connectivity index (χ1n) is 5.27. The van der Waals surface area contributed by atoms with Crippen LogP contribution >= 0.6 is 59.1 Å². The maximum atomic E-state index is 12.1. The summed E-state index contributed by atoms with van der Waals surface area (Å²) in [6, 6.07) is 5.83. The highest BCUT2D eigenvalue weighted by Crippen LogP contribution is 2.33. The van der Waals surface area contributed by atoms with Gasteiger partial charge in [0.2, 0.25) is 10.0 Å². The number of hydrogen-bond acceptors (Lipinski definition) is 4. The fourth-order valence-electron chi connectivity index (χ4n) is 1.42. The minimum atomic E-state index is -3.78. The Labute approximate surface area is 150 Å². The number of carbonyl (C=O) groups is 1. The van der Waals surface area contributed by atoms with Crippen LogP contribution in [0.3, 0.4) is 0 Å². The second-order valence-corrected chi connectivity index (χ2v) is 9.51. The largest absolute Gasteiger partial charge is 0.320 e. The zero-order chi connectivity index (χ0) is 15.8. The fraction of sp³-hybridized carbons (Fsp3) is 0. The first-order chi connectivity index (χ1) is 9.68. The molecule has 5 nitrogen and oxygen atoms in total. The van der Waals surface area contributed by atoms with E-state index in [-0.39, 0.29) is 10.8 Å². The molecule has 1 amide bonds. The van der Waals surface area contributed by atoms with Crippen LogP contribution in [0.15, 0.2) is 41.9 Å². The fourth-order valence-corrected chi connectivity index (χ4v) is 4.52. The summed E-state index contributed by atoms with van der Waals surface area (Å²) in [4.78, 5) is 12.6. The van der Waals surface area contributed by atoms with Crippen LogP contribution in [0.4, 0.5) is 5.69 Å². The number of nitrogens with two attached hydrogens (primary N) is 1. The van der Waals surface area contributed by atoms with Crippen LogP contribution in [0, 0.1) is 0 Å². The molecule has 0 aliphatic rings. The number of rotatable bonds is 3. The van der Waals surface area contributed by atoms with E-state index >= 15 is 0 Å². The minimum Gasteiger partial charge on any atom is -0.320 e. The van der Waals surface area contributed by atoms with Gasteiger partial charge in [0.05, 0.1) is 19.2 Å². The van der Waals surface area contributed by atoms with Crippen molar-refractivity contribution in [2.45, 2.75) is 4.90 Å². The zero-order valence-electron chi connectivity index (χ0n) is 10.1. The Hall–Kier alpha value is -0.260. The summed E-state index contributed by atoms with van der Waals surface area (Å²) in [6.45, 7) is 0. The molecule has 0 aliphatic heterocycles. The Morgan fingerprint density at radius 2 is 1.81 bits per heavy atom. The summed E-state index contributed by atoms with van der Waals surface area (Å²) >= 11 is 11.1. The van der Waals surface area contributed by atoms with E-state index < -0.39 is 10.0 Å². The topological polar surface area (TPSA) is 89.3 Å². The first-order valence-corrected chi connectivity index (χ1v) is 10.0. The van der Waals surface area contributed by atoms with E-state index in [2.05, 4.69) is 53.1 Å². The van der Waals surface area contributed by atoms with Gasteiger partial charge in [0.25, 0.3) is 5.91 Å². The molecular formula is C11H7Br3N2O3S2. The van der Waals surface area contributed by atoms with Crippen molar-refractivity contribution >= 4 is 80.7 Å². The summed E-state index contributed by atoms with van der Waals surface area (Å²) in [5.41, 5.74) is 0.452. The molecule has 2 rings (SSSR count). The molecule has 2 aromatic rings. The third-order valence-corrected chi connectivity index (χ3v) is 7.21. The van der Waals surface area contributed by atoms with Crippen molar-refractivity contribution in [3.05, 3.63) is 41.9 Å². The second-order valence-electron chi connectivity index (χ2n) is 3.87. The zero-order valence-corrected chi connectivity index (χ0v) is 16.5. The van der Waals surface area contributed by atoms with Gasteiger partial charge in [-0.25, -0.2) is 13.6 Å². The molecule has 1 heterocycles. The van der Waals surface area contributed by atoms with Gasteiger partial charge in [0, 0.05) is 8.95 Å². The number of nitrogens with one attached hydrogen (secondary N) is 1. The Morgan fingerprint density at radius 1 is 1.14 bits per heavy atom. The van der Waals surface area contributed by atoms with Gasteiger partial charge < -0.3 is 5.32 Å². The van der Waals surface area contributed by atoms with Crippen LogP contribution in [-0.2, 0) is 10.0 Å². The third-order valence-electron chi connectivity index (χ3n) is 2.39. The van der Waals surface area contributed by atoms with Gasteiger partial charge in [0.15, 0.2) is 0 Å². The molecule has 0 unspecified atom stereocenters. The van der Waals surface area contributed by atoms with Crippen molar-refractivity contribution < 1.29 is 13.2 Å². The Balaban J connectivity index is 2.26. The molecule has 10 heteroatoms. The van der Waals surface area contributed by atoms with Crippen LogP contribution < -0.4 is 10.5 Å². The summed E-state index contributed by atoms with van der Waals surface area (Å²) in [5.74, 6) is -0.296. The van der Waals surface area contributed by atoms with Crippen molar-refractivity contribution in [1.82, 2.24) is 0 Å². The number of hydrogen-bond donors (Lipinski definition) is 2. The normalized spacial score (nSPS) is 11.4. The minimum absolute atomic E-state index is 0.0333. The van der Waals surface area contributed by atoms with E-state index in [1.54, 1.807) is 6.07 Å². The van der Waals surface area contributed by atoms with Gasteiger partial charge in [0.1, 0.15) is 0 Å². The summed E-state index contributed by atoms with van der Waals surface area (Å²) in [6.07, 6.45) is 0. The lowest BCUT2D eigenvalue weighted by Gasteiger charge is -2.07. The number of thiophene rings is 1. The maximum absolute atomic E-state index is 12.1. The molecule has 0 bridgehead atoms. The van der Waals surface area contributed by atoms with Crippen molar-refractivity contribution in [2.24, 2.45) is 5.14 Å². The number of primary sulfonamides is 1. The molecule has 0 spiro atoms. The molecule has 112 valence electrons. The first kappa shape index (κ1) is 17.1. The SMILES string of the molecule is NS(=O)(=O)c1ccc(NC(=O)c2cc(Br)c(Br)s2)c(Br)c1. The maximum Gasteiger partial charge on any atom is 0.265 e. The van der Waals surface area contributed by atoms with Crippen LogP contribution in [-0.4, -0.2) is 14.3 Å². The number of carbonyl (C=O) groups excluding carboxylic acids is 1. The highest BCUT2D eigenvalue weighted by molar-refractivity contribution is 9.13. The molecule has 0 atom stereocenters. The highest BCUT2D eigenvalue weighted by Gasteiger charge is 2.15. The standard InChI is InChI=1S/C11H7Br3N2O3S2/c12-6-3-5(21(15,18)19)1-2-8(6)16-11(17)9-4-7(13)10(14)20-9/h1-4H,(H,16,17)(H2,15,18,19). The van der Waals surface area contributed by atoms with Gasteiger partial charge in [-0.2, -0.15) is 0 Å². The molecule has 3 N–H and O–H groups in total. The molecule has 1 aromatic carbocycles. The average Bonchev–Trinajstić information content (AvgIpc) is 2.71. The Kier molecular flexibility index (Phi) is 5.27. The number of halogens is 3. The Bertz CT molecular complexity index is 799. The monoisotopic (exact) mass is 516 g/mol. The number of amides is 1. The van der Waals surface area contributed by atoms with E-state index in [9.17, 15) is 13.2 Å². The molecule has 0 saturated heterocycles. The summed E-state index contributed by atoms with van der Waals surface area (Å²) < 4.78 is 24.5. The Morgan fingerprint density at radius 3 is 2.29 bits per heavy atom. The van der Waals surface area contributed by atoms with Gasteiger partial charge in [-0.15, -0.1) is 11.3 Å². The van der Waals surface area contributed by atoms with Gasteiger partial charge in [-0.1, -0.05) is 0 Å². The van der Waals surface area contributed by atoms with E-state index in [1.807, 2.05) is 0 Å². The van der Waals surface area contributed by atoms with E-state index in [0.717, 1.165) is 8.26 Å². The highest BCUT2D eigenvalue weighted by atomic mass is 79.9. The van der Waals surface area contributed by atoms with Crippen LogP contribution in [0.25, 0.3) is 0 Å². The molecule has 21 heavy (non-hydrogen) atoms. The van der Waals surface area contributed by atoms with Crippen molar-refractivity contribution in [2.75, 3.05) is 5.32 Å². The van der Waals surface area contributed by atoms with E-state index in [4.69, 9.17) is 5.14 Å². The lowest BCUT2D eigenvalue weighted by atomic mass is 10.3. The quantitative estimate of drug-likeness (QED) is 0.645. The molecular weight excluding hydrogens is 512 g/mol. The molecule has 0 fully saturated rings. The van der Waals surface area contributed by atoms with Gasteiger partial charge >= 0.3 is 0 Å². The molecule has 0 aliphatic carbocycles. The summed E-state index contributed by atoms with van der Waals surface area (Å²) in [5, 5.41) is 7.74. The molecule has 0 saturated carbocycles. The second kappa shape index (κ2) is 6.47. The predicted molar refractivity (Wildman–Crippen MR) is 93.2 cm³/mol. The predicted octanol–water partition coefficient (Wildman–Crippen LogP) is 3.94. The van der Waals surface area contributed by atoms with Crippen LogP contribution in [0.5, 0.6) is 0 Å². The van der Waals surface area contributed by atoms with E-state index in [1.165, 1.54) is 29.5 Å². The number of anilines is 1. The average molecular weight is 519 g/mol. The van der Waals surface area contributed by atoms with Crippen molar-refractivity contribution in [1.29, 1.82) is 0 Å². The van der Waals surface area contributed by atoms with E-state index in [0.29, 0.717) is 15.0 Å². The lowest BCUT2D eigenvalue weighted by Crippen LogP contribution is -2.13. The number of benzene rings is 1. The molecule has 1 aromatic heterocycles. The van der Waals surface area contributed by atoms with Crippen LogP contribution in [0.2, 0.25) is 0 Å². The van der Waals surface area contributed by atoms with Gasteiger partial charge in [-0.05, 0) is 72.1 Å². The molecule has 0 radical (unpaired) electrons. The van der Waals surface area contributed by atoms with Crippen LogP contribution in [0.1, 0.15) is 9.67 Å². The van der Waals surface area contributed by atoms with Crippen molar-refractivity contribution in [3.63, 3.8) is 0 Å². The third kappa shape index (κ3) is 4.14. The smallest absolute Gasteiger partial charge is 0.265 e. The lowest BCUT2D eigenvalue weighted by molar-refractivity contribution is 0.103. The van der Waals surface area contributed by atoms with Crippen molar-refractivity contribution in [3.8, 4) is 0 Å². The summed E-state index contributed by atoms with van der Waals surface area (Å²) in [7, 11) is -3.78.